The van der Waals surface area contributed by atoms with E-state index < -0.39 is 87.4 Å². The van der Waals surface area contributed by atoms with E-state index in [-0.39, 0.29) is 17.7 Å². The Hall–Kier alpha value is -4.00. The summed E-state index contributed by atoms with van der Waals surface area (Å²) in [5.41, 5.74) is 1.25. The molecule has 0 saturated heterocycles. The summed E-state index contributed by atoms with van der Waals surface area (Å²) in [6.45, 7) is 3.80. The van der Waals surface area contributed by atoms with E-state index in [0.29, 0.717) is 12.0 Å². The van der Waals surface area contributed by atoms with E-state index in [1.54, 1.807) is 6.92 Å². The van der Waals surface area contributed by atoms with Gasteiger partial charge in [0.1, 0.15) is 22.8 Å². The first-order valence-electron chi connectivity index (χ1n) is 13.2. The lowest BCUT2D eigenvalue weighted by molar-refractivity contribution is -0.162. The highest BCUT2D eigenvalue weighted by molar-refractivity contribution is 6.25. The van der Waals surface area contributed by atoms with Gasteiger partial charge in [0, 0.05) is 17.6 Å². The fourth-order valence-electron chi connectivity index (χ4n) is 6.41. The molecule has 220 valence electrons. The summed E-state index contributed by atoms with van der Waals surface area (Å²) in [4.78, 5) is 53.0. The topological polar surface area (TPSA) is 208 Å². The van der Waals surface area contributed by atoms with E-state index in [0.717, 1.165) is 6.42 Å². The van der Waals surface area contributed by atoms with Crippen LogP contribution in [-0.4, -0.2) is 92.3 Å². The smallest absolute Gasteiger partial charge is 0.330 e. The Morgan fingerprint density at radius 1 is 1.17 bits per heavy atom. The number of phenolic OH excluding ortho intramolecular Hbond substituents is 1. The number of aliphatic hydroxyl groups is 4. The van der Waals surface area contributed by atoms with Crippen LogP contribution in [0.4, 0.5) is 0 Å². The molecule has 0 aromatic heterocycles. The Kier molecular flexibility index (Phi) is 7.87. The van der Waals surface area contributed by atoms with Crippen molar-refractivity contribution in [1.82, 2.24) is 4.90 Å². The van der Waals surface area contributed by atoms with Gasteiger partial charge in [0.05, 0.1) is 30.2 Å². The van der Waals surface area contributed by atoms with Gasteiger partial charge in [0.25, 0.3) is 5.91 Å². The van der Waals surface area contributed by atoms with Gasteiger partial charge in [-0.1, -0.05) is 26.3 Å². The van der Waals surface area contributed by atoms with E-state index in [9.17, 15) is 44.7 Å². The molecule has 3 aliphatic carbocycles. The van der Waals surface area contributed by atoms with Crippen molar-refractivity contribution >= 4 is 29.5 Å². The van der Waals surface area contributed by atoms with E-state index >= 15 is 0 Å². The molecule has 0 bridgehead atoms. The fraction of sp³-hybridized carbons (Fsp3) is 0.448. The number of nitrogens with two attached hydrogens (primary N) is 1. The Morgan fingerprint density at radius 2 is 1.83 bits per heavy atom. The van der Waals surface area contributed by atoms with E-state index in [4.69, 9.17) is 10.5 Å². The van der Waals surface area contributed by atoms with Gasteiger partial charge in [0.15, 0.2) is 11.4 Å². The third-order valence-electron chi connectivity index (χ3n) is 8.28. The number of amides is 1. The molecular formula is C29H34N2O10. The maximum atomic E-state index is 13.9. The van der Waals surface area contributed by atoms with Crippen LogP contribution in [0.5, 0.6) is 5.75 Å². The number of esters is 1. The van der Waals surface area contributed by atoms with E-state index in [2.05, 4.69) is 0 Å². The minimum absolute atomic E-state index is 0.235. The lowest BCUT2D eigenvalue weighted by atomic mass is 9.55. The molecule has 3 aliphatic rings. The Labute approximate surface area is 236 Å². The van der Waals surface area contributed by atoms with Crippen LogP contribution in [0.25, 0.3) is 6.08 Å². The molecular weight excluding hydrogens is 536 g/mol. The second kappa shape index (κ2) is 10.8. The normalized spacial score (nSPS) is 29.5. The van der Waals surface area contributed by atoms with E-state index in [1.807, 2.05) is 6.92 Å². The lowest BCUT2D eigenvalue weighted by Crippen LogP contribution is -2.68. The van der Waals surface area contributed by atoms with Crippen LogP contribution in [0.15, 0.2) is 40.9 Å². The largest absolute Gasteiger partial charge is 0.510 e. The van der Waals surface area contributed by atoms with Crippen LogP contribution in [0.2, 0.25) is 0 Å². The number of Topliss-reactive ketones (excluding diaryl/α,β-unsaturated/α-hetero) is 2. The van der Waals surface area contributed by atoms with Crippen LogP contribution in [0, 0.1) is 11.8 Å². The molecule has 0 unspecified atom stereocenters. The van der Waals surface area contributed by atoms with Crippen LogP contribution in [0.3, 0.4) is 0 Å². The van der Waals surface area contributed by atoms with Crippen molar-refractivity contribution in [2.24, 2.45) is 17.6 Å². The third kappa shape index (κ3) is 4.42. The van der Waals surface area contributed by atoms with Gasteiger partial charge in [-0.2, -0.15) is 0 Å². The minimum atomic E-state index is -2.99. The zero-order valence-corrected chi connectivity index (χ0v) is 23.1. The molecule has 0 spiro atoms. The number of aromatic hydroxyl groups is 1. The van der Waals surface area contributed by atoms with E-state index in [1.165, 1.54) is 43.3 Å². The molecule has 7 N–H and O–H groups in total. The molecule has 0 fully saturated rings. The molecule has 12 nitrogen and oxygen atoms in total. The molecule has 1 amide bonds. The molecule has 0 heterocycles. The highest BCUT2D eigenvalue weighted by Crippen LogP contribution is 2.56. The molecule has 0 saturated carbocycles. The number of rotatable bonds is 7. The quantitative estimate of drug-likeness (QED) is 0.118. The van der Waals surface area contributed by atoms with Crippen LogP contribution in [0.1, 0.15) is 54.1 Å². The van der Waals surface area contributed by atoms with Crippen molar-refractivity contribution in [3.8, 4) is 5.75 Å². The fourth-order valence-corrected chi connectivity index (χ4v) is 6.41. The standard InChI is InChI=1S/C29H34N2O10/c1-5-6-11-41-15(33)10-8-13-7-9-14(32)18-16(13)12(2)17-19(23(18)34)26(37)29(40)21(24(17)35)22(31(3)4)25(36)20(27(29)38)28(30)39/h7-10,12,17,21-22,24,32,35-37,40H,5-6,11H2,1-4H3,(H2,30,39)/b10-8+/t12-,17+,21-,22-,24+,29-/m0/s1. The Bertz CT molecular complexity index is 1420. The summed E-state index contributed by atoms with van der Waals surface area (Å²) >= 11 is 0. The predicted octanol–water partition coefficient (Wildman–Crippen LogP) is 1.01. The molecule has 0 aliphatic heterocycles. The van der Waals surface area contributed by atoms with Gasteiger partial charge in [-0.3, -0.25) is 19.3 Å². The van der Waals surface area contributed by atoms with Gasteiger partial charge in [-0.05, 0) is 49.7 Å². The number of carbonyl (C=O) groups is 4. The third-order valence-corrected chi connectivity index (χ3v) is 8.28. The lowest BCUT2D eigenvalue weighted by Gasteiger charge is -2.53. The zero-order valence-electron chi connectivity index (χ0n) is 23.1. The average molecular weight is 571 g/mol. The van der Waals surface area contributed by atoms with Crippen molar-refractivity contribution in [2.45, 2.75) is 50.4 Å². The number of phenols is 1. The number of ketones is 2. The molecule has 1 aromatic rings. The first-order valence-corrected chi connectivity index (χ1v) is 13.2. The highest BCUT2D eigenvalue weighted by atomic mass is 16.5. The number of unbranched alkanes of at least 4 members (excludes halogenated alkanes) is 1. The van der Waals surface area contributed by atoms with Crippen LogP contribution < -0.4 is 5.73 Å². The number of benzene rings is 1. The molecule has 12 heteroatoms. The molecule has 41 heavy (non-hydrogen) atoms. The number of fused-ring (bicyclic) bond motifs is 3. The number of hydrogen-bond acceptors (Lipinski definition) is 11. The Balaban J connectivity index is 1.92. The van der Waals surface area contributed by atoms with Gasteiger partial charge in [0.2, 0.25) is 5.78 Å². The van der Waals surface area contributed by atoms with Crippen molar-refractivity contribution < 1.29 is 49.4 Å². The maximum absolute atomic E-state index is 13.9. The SMILES string of the molecule is CCCCOC(=O)/C=C/c1ccc(O)c2c1[C@H](C)[C@@H]1C(=C(O)[C@]3(O)C(=O)C(C(N)=O)=C(O)[C@@H](N(C)C)[C@H]3[C@@H]1O)C2=O. The monoisotopic (exact) mass is 570 g/mol. The summed E-state index contributed by atoms with van der Waals surface area (Å²) in [5, 5.41) is 56.5. The number of ether oxygens (including phenoxy) is 1. The van der Waals surface area contributed by atoms with Gasteiger partial charge < -0.3 is 36.0 Å². The van der Waals surface area contributed by atoms with Gasteiger partial charge in [-0.15, -0.1) is 0 Å². The summed E-state index contributed by atoms with van der Waals surface area (Å²) < 4.78 is 5.14. The summed E-state index contributed by atoms with van der Waals surface area (Å²) in [7, 11) is 2.92. The summed E-state index contributed by atoms with van der Waals surface area (Å²) in [5.74, 6) is -10.4. The second-order valence-electron chi connectivity index (χ2n) is 10.9. The van der Waals surface area contributed by atoms with Gasteiger partial charge >= 0.3 is 5.97 Å². The van der Waals surface area contributed by atoms with Crippen LogP contribution in [-0.2, 0) is 19.1 Å². The van der Waals surface area contributed by atoms with Crippen molar-refractivity contribution in [2.75, 3.05) is 20.7 Å². The molecule has 4 rings (SSSR count). The number of likely N-dealkylation sites (N-methyl/N-ethyl adjacent to an activating group) is 1. The summed E-state index contributed by atoms with van der Waals surface area (Å²) in [6.07, 6.45) is 2.39. The van der Waals surface area contributed by atoms with Crippen molar-refractivity contribution in [3.05, 3.63) is 57.6 Å². The first-order chi connectivity index (χ1) is 19.2. The second-order valence-corrected chi connectivity index (χ2v) is 10.9. The summed E-state index contributed by atoms with van der Waals surface area (Å²) in [6, 6.07) is 1.35. The number of hydrogen-bond donors (Lipinski definition) is 6. The highest BCUT2D eigenvalue weighted by Gasteiger charge is 2.67. The Morgan fingerprint density at radius 3 is 2.41 bits per heavy atom. The van der Waals surface area contributed by atoms with Crippen molar-refractivity contribution in [1.29, 1.82) is 0 Å². The molecule has 6 atom stereocenters. The molecule has 0 radical (unpaired) electrons. The van der Waals surface area contributed by atoms with Crippen LogP contribution >= 0.6 is 0 Å². The first kappa shape index (κ1) is 30.0. The average Bonchev–Trinajstić information content (AvgIpc) is 2.89. The van der Waals surface area contributed by atoms with Gasteiger partial charge in [-0.25, -0.2) is 4.79 Å². The number of aliphatic hydroxyl groups excluding tert-OH is 3. The number of carbonyl (C=O) groups excluding carboxylic acids is 4. The number of primary amides is 1. The molecule has 1 aromatic carbocycles. The zero-order chi connectivity index (χ0) is 30.5. The minimum Gasteiger partial charge on any atom is -0.510 e. The van der Waals surface area contributed by atoms with Crippen molar-refractivity contribution in [3.63, 3.8) is 0 Å². The number of nitrogens with zero attached hydrogens (tertiary/aromatic N) is 1. The maximum Gasteiger partial charge on any atom is 0.330 e. The predicted molar refractivity (Wildman–Crippen MR) is 145 cm³/mol.